The average molecular weight is 200 g/mol. The molecule has 0 aromatic heterocycles. The largest absolute Gasteiger partial charge is 0.465 e. The van der Waals surface area contributed by atoms with Crippen molar-refractivity contribution in [1.29, 1.82) is 0 Å². The molecular formula is C9H16N2O3. The first kappa shape index (κ1) is 11.0. The zero-order chi connectivity index (χ0) is 10.9. The Morgan fingerprint density at radius 1 is 1.50 bits per heavy atom. The minimum atomic E-state index is -1.04. The van der Waals surface area contributed by atoms with E-state index < -0.39 is 18.2 Å². The topological polar surface area (TPSA) is 83.6 Å². The minimum Gasteiger partial charge on any atom is -0.465 e. The summed E-state index contributed by atoms with van der Waals surface area (Å²) in [5, 5.41) is 8.71. The molecule has 1 unspecified atom stereocenters. The van der Waals surface area contributed by atoms with Crippen LogP contribution in [0, 0.1) is 5.92 Å². The molecule has 1 fully saturated rings. The van der Waals surface area contributed by atoms with Gasteiger partial charge in [-0.2, -0.15) is 0 Å². The van der Waals surface area contributed by atoms with Crippen molar-refractivity contribution in [2.75, 3.05) is 6.54 Å². The zero-order valence-electron chi connectivity index (χ0n) is 8.43. The first-order chi connectivity index (χ1) is 6.45. The summed E-state index contributed by atoms with van der Waals surface area (Å²) in [6, 6.07) is -1.06. The molecule has 5 heteroatoms. The number of Topliss-reactive ketones (excluding diaryl/α,β-unsaturated/α-hetero) is 1. The Hall–Kier alpha value is -1.10. The summed E-state index contributed by atoms with van der Waals surface area (Å²) in [6.45, 7) is 4.15. The van der Waals surface area contributed by atoms with Crippen LogP contribution < -0.4 is 5.73 Å². The summed E-state index contributed by atoms with van der Waals surface area (Å²) in [7, 11) is 0. The Bertz CT molecular complexity index is 252. The van der Waals surface area contributed by atoms with Gasteiger partial charge in [-0.25, -0.2) is 4.79 Å². The van der Waals surface area contributed by atoms with Gasteiger partial charge in [0.2, 0.25) is 0 Å². The smallest absolute Gasteiger partial charge is 0.407 e. The Morgan fingerprint density at radius 3 is 2.36 bits per heavy atom. The molecule has 1 aliphatic rings. The van der Waals surface area contributed by atoms with Crippen LogP contribution in [-0.2, 0) is 4.79 Å². The summed E-state index contributed by atoms with van der Waals surface area (Å²) in [5.41, 5.74) is 5.66. The van der Waals surface area contributed by atoms with Gasteiger partial charge in [0, 0.05) is 6.54 Å². The van der Waals surface area contributed by atoms with E-state index in [1.165, 1.54) is 0 Å². The number of likely N-dealkylation sites (tertiary alicyclic amines) is 1. The maximum atomic E-state index is 11.7. The number of amides is 1. The average Bonchev–Trinajstić information content (AvgIpc) is 1.99. The van der Waals surface area contributed by atoms with Crippen molar-refractivity contribution < 1.29 is 14.7 Å². The van der Waals surface area contributed by atoms with Gasteiger partial charge in [-0.15, -0.1) is 0 Å². The third-order valence-corrected chi connectivity index (χ3v) is 2.64. The normalized spacial score (nSPS) is 23.1. The van der Waals surface area contributed by atoms with Crippen LogP contribution in [0.5, 0.6) is 0 Å². The number of nitrogens with two attached hydrogens (primary N) is 1. The number of ketones is 1. The number of carbonyl (C=O) groups is 2. The van der Waals surface area contributed by atoms with Gasteiger partial charge < -0.3 is 10.8 Å². The Kier molecular flexibility index (Phi) is 3.10. The fraction of sp³-hybridized carbons (Fsp3) is 0.778. The molecule has 1 heterocycles. The van der Waals surface area contributed by atoms with Crippen LogP contribution in [0.1, 0.15) is 20.3 Å². The third-order valence-electron chi connectivity index (χ3n) is 2.64. The van der Waals surface area contributed by atoms with Gasteiger partial charge in [0.1, 0.15) is 0 Å². The van der Waals surface area contributed by atoms with Gasteiger partial charge in [-0.05, 0) is 12.3 Å². The lowest BCUT2D eigenvalue weighted by atomic mass is 9.90. The van der Waals surface area contributed by atoms with Crippen LogP contribution in [0.2, 0.25) is 0 Å². The zero-order valence-corrected chi connectivity index (χ0v) is 8.43. The SMILES string of the molecule is CC(C)[C@H](N)C(=O)C1CCN1C(=O)O. The van der Waals surface area contributed by atoms with E-state index in [4.69, 9.17) is 10.8 Å². The Balaban J connectivity index is 2.58. The van der Waals surface area contributed by atoms with E-state index in [9.17, 15) is 9.59 Å². The van der Waals surface area contributed by atoms with Crippen molar-refractivity contribution in [3.63, 3.8) is 0 Å². The number of carboxylic acid groups (broad SMARTS) is 1. The van der Waals surface area contributed by atoms with Crippen LogP contribution >= 0.6 is 0 Å². The second-order valence-corrected chi connectivity index (χ2v) is 3.95. The fourth-order valence-corrected chi connectivity index (χ4v) is 1.46. The first-order valence-corrected chi connectivity index (χ1v) is 4.74. The van der Waals surface area contributed by atoms with Crippen molar-refractivity contribution in [2.24, 2.45) is 11.7 Å². The molecule has 0 bridgehead atoms. The predicted molar refractivity (Wildman–Crippen MR) is 51.0 cm³/mol. The standard InChI is InChI=1S/C9H16N2O3/c1-5(2)7(10)8(12)6-3-4-11(6)9(13)14/h5-7H,3-4,10H2,1-2H3,(H,13,14)/t6?,7-/m0/s1. The second-order valence-electron chi connectivity index (χ2n) is 3.95. The lowest BCUT2D eigenvalue weighted by Gasteiger charge is -2.39. The van der Waals surface area contributed by atoms with Gasteiger partial charge >= 0.3 is 6.09 Å². The van der Waals surface area contributed by atoms with E-state index in [-0.39, 0.29) is 11.7 Å². The van der Waals surface area contributed by atoms with Crippen LogP contribution in [0.4, 0.5) is 4.79 Å². The van der Waals surface area contributed by atoms with E-state index in [1.54, 1.807) is 0 Å². The predicted octanol–water partition coefficient (Wildman–Crippen LogP) is 0.291. The van der Waals surface area contributed by atoms with E-state index in [0.717, 1.165) is 4.90 Å². The molecule has 3 N–H and O–H groups in total. The molecule has 80 valence electrons. The number of nitrogens with zero attached hydrogens (tertiary/aromatic N) is 1. The summed E-state index contributed by atoms with van der Waals surface area (Å²) < 4.78 is 0. The summed E-state index contributed by atoms with van der Waals surface area (Å²) in [4.78, 5) is 23.4. The summed E-state index contributed by atoms with van der Waals surface area (Å²) >= 11 is 0. The molecule has 0 aromatic carbocycles. The molecule has 5 nitrogen and oxygen atoms in total. The maximum Gasteiger partial charge on any atom is 0.407 e. The molecule has 0 aromatic rings. The highest BCUT2D eigenvalue weighted by atomic mass is 16.4. The van der Waals surface area contributed by atoms with Gasteiger partial charge in [0.25, 0.3) is 0 Å². The summed E-state index contributed by atoms with van der Waals surface area (Å²) in [5.74, 6) is -0.104. The molecule has 0 radical (unpaired) electrons. The molecule has 0 saturated carbocycles. The molecule has 1 aliphatic heterocycles. The van der Waals surface area contributed by atoms with Crippen molar-refractivity contribution in [1.82, 2.24) is 4.90 Å². The molecule has 1 saturated heterocycles. The lowest BCUT2D eigenvalue weighted by Crippen LogP contribution is -2.59. The highest BCUT2D eigenvalue weighted by Crippen LogP contribution is 2.20. The highest BCUT2D eigenvalue weighted by Gasteiger charge is 2.39. The fourth-order valence-electron chi connectivity index (χ4n) is 1.46. The Labute approximate surface area is 82.9 Å². The van der Waals surface area contributed by atoms with Gasteiger partial charge in [-0.3, -0.25) is 9.69 Å². The van der Waals surface area contributed by atoms with E-state index >= 15 is 0 Å². The van der Waals surface area contributed by atoms with Gasteiger partial charge in [0.05, 0.1) is 12.1 Å². The van der Waals surface area contributed by atoms with Crippen LogP contribution in [-0.4, -0.2) is 40.5 Å². The van der Waals surface area contributed by atoms with Crippen LogP contribution in [0.25, 0.3) is 0 Å². The molecule has 1 amide bonds. The first-order valence-electron chi connectivity index (χ1n) is 4.74. The maximum absolute atomic E-state index is 11.7. The van der Waals surface area contributed by atoms with Crippen molar-refractivity contribution in [2.45, 2.75) is 32.4 Å². The molecule has 14 heavy (non-hydrogen) atoms. The Morgan fingerprint density at radius 2 is 2.07 bits per heavy atom. The molecule has 0 aliphatic carbocycles. The molecule has 0 spiro atoms. The monoisotopic (exact) mass is 200 g/mol. The van der Waals surface area contributed by atoms with Gasteiger partial charge in [-0.1, -0.05) is 13.8 Å². The minimum absolute atomic E-state index is 0.0544. The molecule has 1 rings (SSSR count). The van der Waals surface area contributed by atoms with E-state index in [0.29, 0.717) is 13.0 Å². The third kappa shape index (κ3) is 1.87. The quantitative estimate of drug-likeness (QED) is 0.686. The van der Waals surface area contributed by atoms with E-state index in [1.807, 2.05) is 13.8 Å². The van der Waals surface area contributed by atoms with Crippen LogP contribution in [0.15, 0.2) is 0 Å². The number of carbonyl (C=O) groups excluding carboxylic acids is 1. The van der Waals surface area contributed by atoms with Crippen molar-refractivity contribution in [3.8, 4) is 0 Å². The molecular weight excluding hydrogens is 184 g/mol. The van der Waals surface area contributed by atoms with Crippen LogP contribution in [0.3, 0.4) is 0 Å². The lowest BCUT2D eigenvalue weighted by molar-refractivity contribution is -0.129. The second kappa shape index (κ2) is 3.96. The molecule has 2 atom stereocenters. The van der Waals surface area contributed by atoms with Crippen molar-refractivity contribution in [3.05, 3.63) is 0 Å². The number of rotatable bonds is 3. The summed E-state index contributed by atoms with van der Waals surface area (Å²) in [6.07, 6.45) is -0.434. The van der Waals surface area contributed by atoms with E-state index in [2.05, 4.69) is 0 Å². The number of hydrogen-bond donors (Lipinski definition) is 2. The highest BCUT2D eigenvalue weighted by molar-refractivity contribution is 5.92. The van der Waals surface area contributed by atoms with Crippen molar-refractivity contribution >= 4 is 11.9 Å². The number of hydrogen-bond acceptors (Lipinski definition) is 3. The van der Waals surface area contributed by atoms with Gasteiger partial charge in [0.15, 0.2) is 5.78 Å².